The maximum Gasteiger partial charge on any atom is 0.174 e. The molecule has 1 aromatic carbocycles. The molecule has 0 atom stereocenters. The van der Waals surface area contributed by atoms with Crippen molar-refractivity contribution in [2.24, 2.45) is 0 Å². The summed E-state index contributed by atoms with van der Waals surface area (Å²) >= 11 is 7.42. The fraction of sp³-hybridized carbons (Fsp3) is 0.353. The van der Waals surface area contributed by atoms with Crippen molar-refractivity contribution in [2.45, 2.75) is 25.4 Å². The number of benzene rings is 1. The van der Waals surface area contributed by atoms with Gasteiger partial charge >= 0.3 is 0 Å². The van der Waals surface area contributed by atoms with Gasteiger partial charge in [0.05, 0.1) is 26.5 Å². The molecule has 6 heteroatoms. The molecule has 23 heavy (non-hydrogen) atoms. The first kappa shape index (κ1) is 16.1. The molecule has 122 valence electrons. The van der Waals surface area contributed by atoms with Crippen LogP contribution in [0.1, 0.15) is 17.7 Å². The predicted molar refractivity (Wildman–Crippen MR) is 98.7 cm³/mol. The van der Waals surface area contributed by atoms with E-state index >= 15 is 0 Å². The summed E-state index contributed by atoms with van der Waals surface area (Å²) in [6, 6.07) is 10.4. The van der Waals surface area contributed by atoms with Gasteiger partial charge in [0, 0.05) is 17.0 Å². The van der Waals surface area contributed by atoms with Crippen molar-refractivity contribution in [2.75, 3.05) is 19.5 Å². The van der Waals surface area contributed by atoms with E-state index in [4.69, 9.17) is 21.7 Å². The molecular weight excluding hydrogens is 328 g/mol. The molecule has 0 radical (unpaired) electrons. The summed E-state index contributed by atoms with van der Waals surface area (Å²) < 4.78 is 10.7. The highest BCUT2D eigenvalue weighted by Crippen LogP contribution is 2.32. The van der Waals surface area contributed by atoms with Crippen LogP contribution in [-0.4, -0.2) is 30.3 Å². The van der Waals surface area contributed by atoms with Crippen LogP contribution in [0.4, 0.5) is 5.69 Å². The second-order valence-corrected chi connectivity index (χ2v) is 6.85. The van der Waals surface area contributed by atoms with E-state index < -0.39 is 0 Å². The Kier molecular flexibility index (Phi) is 5.03. The minimum Gasteiger partial charge on any atom is -0.497 e. The normalized spacial score (nSPS) is 13.5. The van der Waals surface area contributed by atoms with Crippen molar-refractivity contribution in [3.05, 3.63) is 40.6 Å². The zero-order valence-electron chi connectivity index (χ0n) is 13.2. The molecule has 2 aromatic rings. The van der Waals surface area contributed by atoms with Crippen LogP contribution in [0.15, 0.2) is 35.7 Å². The highest BCUT2D eigenvalue weighted by Gasteiger charge is 2.31. The lowest BCUT2D eigenvalue weighted by Gasteiger charge is -2.26. The molecule has 0 amide bonds. The zero-order chi connectivity index (χ0) is 16.2. The number of hydrogen-bond acceptors (Lipinski definition) is 4. The van der Waals surface area contributed by atoms with Gasteiger partial charge in [0.1, 0.15) is 11.5 Å². The van der Waals surface area contributed by atoms with Crippen molar-refractivity contribution >= 4 is 34.4 Å². The predicted octanol–water partition coefficient (Wildman–Crippen LogP) is 4.13. The average molecular weight is 348 g/mol. The van der Waals surface area contributed by atoms with Gasteiger partial charge in [0.15, 0.2) is 5.11 Å². The SMILES string of the molecule is COc1ccc(OC)c(NC(=S)N(Cc2cccs2)C2CC2)c1. The lowest BCUT2D eigenvalue weighted by atomic mass is 10.2. The number of nitrogens with one attached hydrogen (secondary N) is 1. The van der Waals surface area contributed by atoms with Gasteiger partial charge in [-0.15, -0.1) is 11.3 Å². The van der Waals surface area contributed by atoms with Crippen LogP contribution in [0.3, 0.4) is 0 Å². The van der Waals surface area contributed by atoms with Crippen LogP contribution < -0.4 is 14.8 Å². The van der Waals surface area contributed by atoms with Crippen molar-refractivity contribution in [3.8, 4) is 11.5 Å². The van der Waals surface area contributed by atoms with Crippen LogP contribution in [-0.2, 0) is 6.54 Å². The fourth-order valence-corrected chi connectivity index (χ4v) is 3.45. The van der Waals surface area contributed by atoms with Crippen LogP contribution in [0.2, 0.25) is 0 Å². The van der Waals surface area contributed by atoms with Crippen molar-refractivity contribution in [3.63, 3.8) is 0 Å². The van der Waals surface area contributed by atoms with Gasteiger partial charge in [-0.05, 0) is 48.6 Å². The molecule has 0 spiro atoms. The first-order valence-corrected chi connectivity index (χ1v) is 8.82. The summed E-state index contributed by atoms with van der Waals surface area (Å²) in [5.74, 6) is 1.52. The standard InChI is InChI=1S/C17H20N2O2S2/c1-20-13-7-8-16(21-2)15(10-13)18-17(22)19(12-5-6-12)11-14-4-3-9-23-14/h3-4,7-10,12H,5-6,11H2,1-2H3,(H,18,22). The van der Waals surface area contributed by atoms with E-state index in [0.29, 0.717) is 6.04 Å². The quantitative estimate of drug-likeness (QED) is 0.794. The van der Waals surface area contributed by atoms with Gasteiger partial charge in [-0.2, -0.15) is 0 Å². The molecule has 1 aromatic heterocycles. The molecule has 1 heterocycles. The number of hydrogen-bond donors (Lipinski definition) is 1. The Bertz CT molecular complexity index is 669. The zero-order valence-corrected chi connectivity index (χ0v) is 14.9. The van der Waals surface area contributed by atoms with Crippen LogP contribution in [0.25, 0.3) is 0 Å². The molecule has 0 unspecified atom stereocenters. The topological polar surface area (TPSA) is 33.7 Å². The highest BCUT2D eigenvalue weighted by molar-refractivity contribution is 7.80. The molecule has 0 saturated heterocycles. The number of rotatable bonds is 6. The Morgan fingerprint density at radius 1 is 1.30 bits per heavy atom. The second-order valence-electron chi connectivity index (χ2n) is 5.43. The minimum absolute atomic E-state index is 0.536. The smallest absolute Gasteiger partial charge is 0.174 e. The van der Waals surface area contributed by atoms with Gasteiger partial charge in [-0.3, -0.25) is 0 Å². The third kappa shape index (κ3) is 3.95. The van der Waals surface area contributed by atoms with E-state index in [2.05, 4.69) is 27.7 Å². The molecule has 4 nitrogen and oxygen atoms in total. The lowest BCUT2D eigenvalue weighted by molar-refractivity contribution is 0.402. The van der Waals surface area contributed by atoms with Gasteiger partial charge < -0.3 is 19.7 Å². The Hall–Kier alpha value is -1.79. The number of methoxy groups -OCH3 is 2. The third-order valence-corrected chi connectivity index (χ3v) is 5.00. The average Bonchev–Trinajstić information content (AvgIpc) is 3.28. The summed E-state index contributed by atoms with van der Waals surface area (Å²) in [6.07, 6.45) is 2.39. The monoisotopic (exact) mass is 348 g/mol. The highest BCUT2D eigenvalue weighted by atomic mass is 32.1. The molecule has 1 N–H and O–H groups in total. The van der Waals surface area contributed by atoms with Gasteiger partial charge in [0.25, 0.3) is 0 Å². The summed E-state index contributed by atoms with van der Waals surface area (Å²) in [6.45, 7) is 0.848. The van der Waals surface area contributed by atoms with Gasteiger partial charge in [-0.1, -0.05) is 6.07 Å². The van der Waals surface area contributed by atoms with Crippen molar-refractivity contribution < 1.29 is 9.47 Å². The summed E-state index contributed by atoms with van der Waals surface area (Å²) in [5, 5.41) is 6.16. The maximum atomic E-state index is 5.66. The number of anilines is 1. The van der Waals surface area contributed by atoms with Crippen LogP contribution >= 0.6 is 23.6 Å². The van der Waals surface area contributed by atoms with Crippen molar-refractivity contribution in [1.82, 2.24) is 4.90 Å². The van der Waals surface area contributed by atoms with E-state index in [9.17, 15) is 0 Å². The van der Waals surface area contributed by atoms with E-state index in [-0.39, 0.29) is 0 Å². The Labute approximate surface area is 146 Å². The molecule has 1 aliphatic rings. The summed E-state index contributed by atoms with van der Waals surface area (Å²) in [5.41, 5.74) is 0.827. The molecule has 0 bridgehead atoms. The first-order chi connectivity index (χ1) is 11.2. The molecule has 1 fully saturated rings. The Morgan fingerprint density at radius 2 is 2.13 bits per heavy atom. The van der Waals surface area contributed by atoms with Gasteiger partial charge in [0.2, 0.25) is 0 Å². The fourth-order valence-electron chi connectivity index (χ4n) is 2.42. The number of nitrogens with zero attached hydrogens (tertiary/aromatic N) is 1. The van der Waals surface area contributed by atoms with E-state index in [1.165, 1.54) is 17.7 Å². The van der Waals surface area contributed by atoms with Gasteiger partial charge in [-0.25, -0.2) is 0 Å². The van der Waals surface area contributed by atoms with E-state index in [0.717, 1.165) is 28.8 Å². The Balaban J connectivity index is 1.76. The first-order valence-electron chi connectivity index (χ1n) is 7.53. The summed E-state index contributed by atoms with van der Waals surface area (Å²) in [7, 11) is 3.30. The number of thiophene rings is 1. The van der Waals surface area contributed by atoms with E-state index in [1.807, 2.05) is 18.2 Å². The van der Waals surface area contributed by atoms with Crippen molar-refractivity contribution in [1.29, 1.82) is 0 Å². The molecule has 3 rings (SSSR count). The second kappa shape index (κ2) is 7.19. The molecular formula is C17H20N2O2S2. The summed E-state index contributed by atoms with van der Waals surface area (Å²) in [4.78, 5) is 3.58. The lowest BCUT2D eigenvalue weighted by Crippen LogP contribution is -2.35. The van der Waals surface area contributed by atoms with E-state index in [1.54, 1.807) is 25.6 Å². The maximum absolute atomic E-state index is 5.66. The number of ether oxygens (including phenoxy) is 2. The van der Waals surface area contributed by atoms with Crippen LogP contribution in [0.5, 0.6) is 11.5 Å². The largest absolute Gasteiger partial charge is 0.497 e. The molecule has 1 aliphatic carbocycles. The third-order valence-electron chi connectivity index (χ3n) is 3.80. The van der Waals surface area contributed by atoms with Crippen LogP contribution in [0, 0.1) is 0 Å². The number of thiocarbonyl (C=S) groups is 1. The molecule has 1 saturated carbocycles. The Morgan fingerprint density at radius 3 is 2.74 bits per heavy atom. The molecule has 0 aliphatic heterocycles. The minimum atomic E-state index is 0.536.